The molecule has 0 saturated carbocycles. The van der Waals surface area contributed by atoms with Gasteiger partial charge in [-0.3, -0.25) is 9.42 Å². The SMILES string of the molecule is Cc1c(C=O)no[n+]1[O-]. The third kappa shape index (κ3) is 0.758. The molecule has 48 valence electrons. The molecule has 5 nitrogen and oxygen atoms in total. The van der Waals surface area contributed by atoms with E-state index in [1.165, 1.54) is 6.92 Å². The summed E-state index contributed by atoms with van der Waals surface area (Å²) in [5.74, 6) is 0. The number of nitrogens with zero attached hydrogens (tertiary/aromatic N) is 2. The van der Waals surface area contributed by atoms with E-state index in [1.54, 1.807) is 0 Å². The van der Waals surface area contributed by atoms with Gasteiger partial charge >= 0.3 is 0 Å². The van der Waals surface area contributed by atoms with Crippen molar-refractivity contribution in [3.05, 3.63) is 16.6 Å². The minimum atomic E-state index is 0.0463. The normalized spacial score (nSPS) is 9.44. The van der Waals surface area contributed by atoms with Crippen LogP contribution in [0.5, 0.6) is 0 Å². The molecule has 0 aliphatic carbocycles. The van der Waals surface area contributed by atoms with Crippen LogP contribution in [-0.4, -0.2) is 11.4 Å². The smallest absolute Gasteiger partial charge is 0.283 e. The van der Waals surface area contributed by atoms with E-state index in [-0.39, 0.29) is 16.3 Å². The van der Waals surface area contributed by atoms with Crippen LogP contribution in [0.15, 0.2) is 4.63 Å². The highest BCUT2D eigenvalue weighted by atomic mass is 16.8. The minimum Gasteiger partial charge on any atom is -0.359 e. The predicted molar refractivity (Wildman–Crippen MR) is 25.6 cm³/mol. The van der Waals surface area contributed by atoms with Gasteiger partial charge in [-0.2, -0.15) is 0 Å². The summed E-state index contributed by atoms with van der Waals surface area (Å²) in [6.07, 6.45) is 0.466. The molecule has 1 heterocycles. The summed E-state index contributed by atoms with van der Waals surface area (Å²) in [5.41, 5.74) is 0.231. The number of hydrogen-bond acceptors (Lipinski definition) is 4. The van der Waals surface area contributed by atoms with Crippen molar-refractivity contribution in [3.8, 4) is 0 Å². The number of rotatable bonds is 1. The Morgan fingerprint density at radius 2 is 2.56 bits per heavy atom. The Bertz CT molecular complexity index is 230. The first-order chi connectivity index (χ1) is 4.25. The topological polar surface area (TPSA) is 70.0 Å². The van der Waals surface area contributed by atoms with Crippen LogP contribution in [0.2, 0.25) is 0 Å². The van der Waals surface area contributed by atoms with E-state index < -0.39 is 0 Å². The summed E-state index contributed by atoms with van der Waals surface area (Å²) in [7, 11) is 0. The quantitative estimate of drug-likeness (QED) is 0.375. The van der Waals surface area contributed by atoms with Gasteiger partial charge in [-0.15, -0.1) is 0 Å². The largest absolute Gasteiger partial charge is 0.359 e. The van der Waals surface area contributed by atoms with Gasteiger partial charge in [0.25, 0.3) is 5.69 Å². The lowest BCUT2D eigenvalue weighted by Crippen LogP contribution is -2.26. The average Bonchev–Trinajstić information content (AvgIpc) is 2.15. The molecular formula is C4H4N2O3. The molecule has 0 aromatic carbocycles. The highest BCUT2D eigenvalue weighted by molar-refractivity contribution is 5.72. The number of carbonyl (C=O) groups excluding carboxylic acids is 1. The van der Waals surface area contributed by atoms with Crippen LogP contribution in [-0.2, 0) is 0 Å². The average molecular weight is 128 g/mol. The van der Waals surface area contributed by atoms with Gasteiger partial charge in [0.1, 0.15) is 0 Å². The summed E-state index contributed by atoms with van der Waals surface area (Å²) in [6, 6.07) is 0. The summed E-state index contributed by atoms with van der Waals surface area (Å²) in [4.78, 5) is 10.2. The van der Waals surface area contributed by atoms with E-state index in [9.17, 15) is 10.0 Å². The molecular weight excluding hydrogens is 124 g/mol. The van der Waals surface area contributed by atoms with E-state index >= 15 is 0 Å². The second-order valence-electron chi connectivity index (χ2n) is 1.52. The molecule has 0 radical (unpaired) electrons. The van der Waals surface area contributed by atoms with Crippen molar-refractivity contribution < 1.29 is 14.3 Å². The van der Waals surface area contributed by atoms with Crippen molar-refractivity contribution in [2.75, 3.05) is 0 Å². The van der Waals surface area contributed by atoms with Crippen LogP contribution in [0, 0.1) is 12.1 Å². The van der Waals surface area contributed by atoms with Gasteiger partial charge in [0, 0.05) is 12.1 Å². The molecule has 1 rings (SSSR count). The maximum atomic E-state index is 10.3. The number of carbonyl (C=O) groups is 1. The van der Waals surface area contributed by atoms with Crippen molar-refractivity contribution in [2.24, 2.45) is 0 Å². The fourth-order valence-electron chi connectivity index (χ4n) is 0.409. The Hall–Kier alpha value is -1.39. The first kappa shape index (κ1) is 5.74. The van der Waals surface area contributed by atoms with E-state index in [2.05, 4.69) is 9.79 Å². The molecule has 0 amide bonds. The zero-order valence-corrected chi connectivity index (χ0v) is 4.70. The molecule has 0 atom stereocenters. The summed E-state index contributed by atoms with van der Waals surface area (Å²) in [6.45, 7) is 1.45. The number of aldehydes is 1. The molecule has 0 fully saturated rings. The zero-order chi connectivity index (χ0) is 6.85. The maximum Gasteiger partial charge on any atom is 0.283 e. The molecule has 0 aliphatic heterocycles. The molecule has 0 saturated heterocycles. The summed E-state index contributed by atoms with van der Waals surface area (Å²) < 4.78 is 4.07. The minimum absolute atomic E-state index is 0.0463. The monoisotopic (exact) mass is 128 g/mol. The fraction of sp³-hybridized carbons (Fsp3) is 0.250. The first-order valence-electron chi connectivity index (χ1n) is 2.27. The molecule has 0 bridgehead atoms. The van der Waals surface area contributed by atoms with Crippen molar-refractivity contribution in [1.82, 2.24) is 5.16 Å². The first-order valence-corrected chi connectivity index (χ1v) is 2.27. The van der Waals surface area contributed by atoms with E-state index in [1.807, 2.05) is 0 Å². The molecule has 5 heteroatoms. The molecule has 1 aromatic heterocycles. The third-order valence-electron chi connectivity index (χ3n) is 0.970. The van der Waals surface area contributed by atoms with Gasteiger partial charge in [-0.25, -0.2) is 0 Å². The highest BCUT2D eigenvalue weighted by Crippen LogP contribution is 1.91. The van der Waals surface area contributed by atoms with E-state index in [0.717, 1.165) is 0 Å². The second-order valence-corrected chi connectivity index (χ2v) is 1.52. The Morgan fingerprint density at radius 1 is 1.89 bits per heavy atom. The Kier molecular flexibility index (Phi) is 1.18. The standard InChI is InChI=1S/C4H4N2O3/c1-3-4(2-7)5-9-6(3)8/h2H,1H3. The van der Waals surface area contributed by atoms with Crippen LogP contribution < -0.4 is 4.90 Å². The van der Waals surface area contributed by atoms with Crippen molar-refractivity contribution in [1.29, 1.82) is 0 Å². The Balaban J connectivity index is 3.18. The Labute approximate surface area is 50.4 Å². The van der Waals surface area contributed by atoms with Crippen molar-refractivity contribution in [3.63, 3.8) is 0 Å². The van der Waals surface area contributed by atoms with Gasteiger partial charge in [0.2, 0.25) is 5.69 Å². The summed E-state index contributed by atoms with van der Waals surface area (Å²) >= 11 is 0. The van der Waals surface area contributed by atoms with Crippen LogP contribution in [0.3, 0.4) is 0 Å². The van der Waals surface area contributed by atoms with Crippen LogP contribution in [0.4, 0.5) is 0 Å². The molecule has 0 N–H and O–H groups in total. The molecule has 9 heavy (non-hydrogen) atoms. The van der Waals surface area contributed by atoms with Crippen LogP contribution in [0.1, 0.15) is 16.2 Å². The van der Waals surface area contributed by atoms with Gasteiger partial charge in [-0.05, 0) is 4.90 Å². The molecule has 1 aromatic rings. The Morgan fingerprint density at radius 3 is 2.78 bits per heavy atom. The highest BCUT2D eigenvalue weighted by Gasteiger charge is 2.11. The lowest BCUT2D eigenvalue weighted by Gasteiger charge is -1.81. The second kappa shape index (κ2) is 1.85. The molecule has 0 spiro atoms. The van der Waals surface area contributed by atoms with Crippen LogP contribution >= 0.6 is 0 Å². The van der Waals surface area contributed by atoms with E-state index in [0.29, 0.717) is 6.29 Å². The van der Waals surface area contributed by atoms with Gasteiger partial charge in [0.05, 0.1) is 0 Å². The number of aromatic nitrogens is 2. The van der Waals surface area contributed by atoms with Crippen molar-refractivity contribution >= 4 is 6.29 Å². The van der Waals surface area contributed by atoms with Crippen LogP contribution in [0.25, 0.3) is 0 Å². The van der Waals surface area contributed by atoms with Crippen molar-refractivity contribution in [2.45, 2.75) is 6.92 Å². The lowest BCUT2D eigenvalue weighted by molar-refractivity contribution is -0.806. The molecule has 0 aliphatic rings. The third-order valence-corrected chi connectivity index (χ3v) is 0.970. The van der Waals surface area contributed by atoms with Gasteiger partial charge in [0.15, 0.2) is 6.29 Å². The van der Waals surface area contributed by atoms with Gasteiger partial charge < -0.3 is 5.21 Å². The predicted octanol–water partition coefficient (Wildman–Crippen LogP) is -0.571. The zero-order valence-electron chi connectivity index (χ0n) is 4.70. The maximum absolute atomic E-state index is 10.3. The van der Waals surface area contributed by atoms with Gasteiger partial charge in [-0.1, -0.05) is 0 Å². The lowest BCUT2D eigenvalue weighted by atomic mass is 10.4. The fourth-order valence-corrected chi connectivity index (χ4v) is 0.409. The van der Waals surface area contributed by atoms with E-state index in [4.69, 9.17) is 0 Å². The number of hydrogen-bond donors (Lipinski definition) is 0. The summed E-state index contributed by atoms with van der Waals surface area (Å²) in [5, 5.41) is 13.5. The molecule has 0 unspecified atom stereocenters.